The lowest BCUT2D eigenvalue weighted by molar-refractivity contribution is 0.595. The van der Waals surface area contributed by atoms with Gasteiger partial charge in [-0.25, -0.2) is 0 Å². The smallest absolute Gasteiger partial charge is 0.0590 e. The molecule has 1 aromatic heterocycles. The summed E-state index contributed by atoms with van der Waals surface area (Å²) in [7, 11) is 0. The van der Waals surface area contributed by atoms with Crippen LogP contribution in [0.15, 0.2) is 23.6 Å². The maximum atomic E-state index is 3.72. The molecule has 0 aliphatic rings. The van der Waals surface area contributed by atoms with Gasteiger partial charge in [0.2, 0.25) is 0 Å². The summed E-state index contributed by atoms with van der Waals surface area (Å²) >= 11 is 1.84. The molecule has 1 unspecified atom stereocenters. The van der Waals surface area contributed by atoms with Crippen LogP contribution in [0.3, 0.4) is 0 Å². The van der Waals surface area contributed by atoms with Crippen molar-refractivity contribution in [1.29, 1.82) is 0 Å². The summed E-state index contributed by atoms with van der Waals surface area (Å²) in [6, 6.07) is 7.22. The number of thiophene rings is 1. The molecule has 0 spiro atoms. The minimum Gasteiger partial charge on any atom is -0.306 e. The standard InChI is InChI=1S/C18H25NS/c1-6-7-19-18(16-10-15(5)20-11-16)17-13(3)8-12(2)9-14(17)4/h8-11,18-19H,6-7H2,1-5H3. The molecular weight excluding hydrogens is 262 g/mol. The van der Waals surface area contributed by atoms with Gasteiger partial charge in [0.1, 0.15) is 0 Å². The van der Waals surface area contributed by atoms with Crippen molar-refractivity contribution in [3.63, 3.8) is 0 Å². The van der Waals surface area contributed by atoms with E-state index < -0.39 is 0 Å². The van der Waals surface area contributed by atoms with Crippen LogP contribution in [-0.2, 0) is 0 Å². The molecule has 2 heteroatoms. The van der Waals surface area contributed by atoms with Crippen LogP contribution >= 0.6 is 11.3 Å². The maximum absolute atomic E-state index is 3.72. The van der Waals surface area contributed by atoms with E-state index >= 15 is 0 Å². The monoisotopic (exact) mass is 287 g/mol. The summed E-state index contributed by atoms with van der Waals surface area (Å²) in [6.07, 6.45) is 1.16. The van der Waals surface area contributed by atoms with Crippen LogP contribution in [-0.4, -0.2) is 6.54 Å². The second-order valence-corrected chi connectivity index (χ2v) is 6.81. The van der Waals surface area contributed by atoms with E-state index in [4.69, 9.17) is 0 Å². The van der Waals surface area contributed by atoms with Crippen LogP contribution in [0.25, 0.3) is 0 Å². The Morgan fingerprint density at radius 1 is 1.05 bits per heavy atom. The molecule has 0 aliphatic heterocycles. The molecule has 0 saturated carbocycles. The Bertz CT molecular complexity index is 560. The molecule has 2 aromatic rings. The van der Waals surface area contributed by atoms with Crippen molar-refractivity contribution >= 4 is 11.3 Å². The highest BCUT2D eigenvalue weighted by molar-refractivity contribution is 7.10. The van der Waals surface area contributed by atoms with Crippen molar-refractivity contribution in [3.05, 3.63) is 56.3 Å². The van der Waals surface area contributed by atoms with Crippen LogP contribution in [0.5, 0.6) is 0 Å². The maximum Gasteiger partial charge on any atom is 0.0590 e. The van der Waals surface area contributed by atoms with E-state index in [9.17, 15) is 0 Å². The van der Waals surface area contributed by atoms with Crippen molar-refractivity contribution < 1.29 is 0 Å². The van der Waals surface area contributed by atoms with Crippen LogP contribution in [0.2, 0.25) is 0 Å². The quantitative estimate of drug-likeness (QED) is 0.809. The topological polar surface area (TPSA) is 12.0 Å². The molecule has 1 atom stereocenters. The van der Waals surface area contributed by atoms with Gasteiger partial charge in [-0.2, -0.15) is 0 Å². The minimum atomic E-state index is 0.320. The van der Waals surface area contributed by atoms with Crippen LogP contribution in [0.1, 0.15) is 52.1 Å². The van der Waals surface area contributed by atoms with E-state index in [0.29, 0.717) is 6.04 Å². The number of rotatable bonds is 5. The molecular formula is C18H25NS. The normalized spacial score (nSPS) is 12.7. The molecule has 1 nitrogen and oxygen atoms in total. The van der Waals surface area contributed by atoms with Crippen LogP contribution in [0.4, 0.5) is 0 Å². The van der Waals surface area contributed by atoms with Crippen molar-refractivity contribution in [2.24, 2.45) is 0 Å². The molecule has 0 fully saturated rings. The van der Waals surface area contributed by atoms with Crippen molar-refractivity contribution in [1.82, 2.24) is 5.32 Å². The fraction of sp³-hybridized carbons (Fsp3) is 0.444. The number of benzene rings is 1. The van der Waals surface area contributed by atoms with E-state index in [0.717, 1.165) is 13.0 Å². The summed E-state index contributed by atoms with van der Waals surface area (Å²) in [6.45, 7) is 12.1. The van der Waals surface area contributed by atoms with Gasteiger partial charge in [0, 0.05) is 4.88 Å². The van der Waals surface area contributed by atoms with Gasteiger partial charge < -0.3 is 5.32 Å². The third kappa shape index (κ3) is 3.31. The van der Waals surface area contributed by atoms with Gasteiger partial charge in [-0.3, -0.25) is 0 Å². The zero-order valence-corrected chi connectivity index (χ0v) is 14.0. The average molecular weight is 287 g/mol. The molecule has 108 valence electrons. The third-order valence-corrected chi connectivity index (χ3v) is 4.59. The van der Waals surface area contributed by atoms with Crippen molar-refractivity contribution in [3.8, 4) is 0 Å². The summed E-state index contributed by atoms with van der Waals surface area (Å²) < 4.78 is 0. The molecule has 0 saturated heterocycles. The third-order valence-electron chi connectivity index (χ3n) is 3.71. The fourth-order valence-corrected chi connectivity index (χ4v) is 3.67. The molecule has 2 rings (SSSR count). The molecule has 0 amide bonds. The van der Waals surface area contributed by atoms with Gasteiger partial charge >= 0.3 is 0 Å². The Kier molecular flexibility index (Phi) is 5.00. The van der Waals surface area contributed by atoms with Gasteiger partial charge in [-0.15, -0.1) is 11.3 Å². The Hall–Kier alpha value is -1.12. The molecule has 1 N–H and O–H groups in total. The van der Waals surface area contributed by atoms with Gasteiger partial charge in [0.05, 0.1) is 6.04 Å². The predicted molar refractivity (Wildman–Crippen MR) is 89.8 cm³/mol. The van der Waals surface area contributed by atoms with Crippen molar-refractivity contribution in [2.75, 3.05) is 6.54 Å². The molecule has 1 aromatic carbocycles. The molecule has 0 aliphatic carbocycles. The van der Waals surface area contributed by atoms with Gasteiger partial charge in [-0.1, -0.05) is 24.6 Å². The SMILES string of the molecule is CCCNC(c1csc(C)c1)c1c(C)cc(C)cc1C. The Morgan fingerprint density at radius 2 is 1.70 bits per heavy atom. The van der Waals surface area contributed by atoms with Gasteiger partial charge in [0.25, 0.3) is 0 Å². The molecule has 20 heavy (non-hydrogen) atoms. The summed E-state index contributed by atoms with van der Waals surface area (Å²) in [5, 5.41) is 6.02. The van der Waals surface area contributed by atoms with Gasteiger partial charge in [0.15, 0.2) is 0 Å². The molecule has 0 bridgehead atoms. The minimum absolute atomic E-state index is 0.320. The Labute approximate surface area is 127 Å². The first-order valence-corrected chi connectivity index (χ1v) is 8.27. The largest absolute Gasteiger partial charge is 0.306 e. The molecule has 0 radical (unpaired) electrons. The second-order valence-electron chi connectivity index (χ2n) is 5.69. The average Bonchev–Trinajstić information content (AvgIpc) is 2.78. The first-order chi connectivity index (χ1) is 9.52. The first-order valence-electron chi connectivity index (χ1n) is 7.39. The Morgan fingerprint density at radius 3 is 2.20 bits per heavy atom. The summed E-state index contributed by atoms with van der Waals surface area (Å²) in [5.74, 6) is 0. The number of hydrogen-bond donors (Lipinski definition) is 1. The lowest BCUT2D eigenvalue weighted by atomic mass is 9.91. The fourth-order valence-electron chi connectivity index (χ4n) is 2.94. The molecule has 1 heterocycles. The second kappa shape index (κ2) is 6.55. The lowest BCUT2D eigenvalue weighted by Gasteiger charge is -2.23. The highest BCUT2D eigenvalue weighted by atomic mass is 32.1. The van der Waals surface area contributed by atoms with Crippen LogP contribution in [0, 0.1) is 27.7 Å². The van der Waals surface area contributed by atoms with E-state index in [1.807, 2.05) is 11.3 Å². The lowest BCUT2D eigenvalue weighted by Crippen LogP contribution is -2.24. The zero-order chi connectivity index (χ0) is 14.7. The van der Waals surface area contributed by atoms with E-state index in [2.05, 4.69) is 63.5 Å². The highest BCUT2D eigenvalue weighted by Gasteiger charge is 2.18. The number of nitrogens with one attached hydrogen (secondary N) is 1. The highest BCUT2D eigenvalue weighted by Crippen LogP contribution is 2.31. The summed E-state index contributed by atoms with van der Waals surface area (Å²) in [4.78, 5) is 1.38. The van der Waals surface area contributed by atoms with Gasteiger partial charge in [-0.05, 0) is 74.4 Å². The zero-order valence-electron chi connectivity index (χ0n) is 13.2. The van der Waals surface area contributed by atoms with Crippen molar-refractivity contribution in [2.45, 2.75) is 47.1 Å². The van der Waals surface area contributed by atoms with Crippen LogP contribution < -0.4 is 5.32 Å². The number of hydrogen-bond acceptors (Lipinski definition) is 2. The summed E-state index contributed by atoms with van der Waals surface area (Å²) in [5.41, 5.74) is 6.97. The predicted octanol–water partition coefficient (Wildman–Crippen LogP) is 5.07. The number of aryl methyl sites for hydroxylation is 4. The Balaban J connectivity index is 2.46. The van der Waals surface area contributed by atoms with E-state index in [1.165, 1.54) is 32.7 Å². The van der Waals surface area contributed by atoms with E-state index in [1.54, 1.807) is 0 Å². The van der Waals surface area contributed by atoms with E-state index in [-0.39, 0.29) is 0 Å². The first kappa shape index (κ1) is 15.3.